The molecule has 0 saturated carbocycles. The molecule has 1 aromatic carbocycles. The van der Waals surface area contributed by atoms with E-state index < -0.39 is 0 Å². The number of fused-ring (bicyclic) bond motifs is 1. The van der Waals surface area contributed by atoms with Gasteiger partial charge in [0, 0.05) is 10.9 Å². The maximum absolute atomic E-state index is 11.5. The van der Waals surface area contributed by atoms with Crippen molar-refractivity contribution in [3.63, 3.8) is 0 Å². The van der Waals surface area contributed by atoms with Crippen LogP contribution in [0.4, 0.5) is 5.69 Å². The van der Waals surface area contributed by atoms with Gasteiger partial charge in [-0.25, -0.2) is 0 Å². The number of nitrogens with two attached hydrogens (primary N) is 1. The van der Waals surface area contributed by atoms with Crippen LogP contribution in [-0.2, 0) is 11.2 Å². The number of rotatable bonds is 2. The van der Waals surface area contributed by atoms with Gasteiger partial charge in [0.2, 0.25) is 5.91 Å². The lowest BCUT2D eigenvalue weighted by Gasteiger charge is -2.22. The fourth-order valence-corrected chi connectivity index (χ4v) is 2.76. The molecule has 2 unspecified atom stereocenters. The molecule has 0 saturated heterocycles. The minimum absolute atomic E-state index is 0.0157. The molecular weight excluding hydrogens is 220 g/mol. The Labute approximate surface area is 99.8 Å². The molecule has 1 aliphatic rings. The summed E-state index contributed by atoms with van der Waals surface area (Å²) in [6.45, 7) is 3.91. The van der Waals surface area contributed by atoms with Gasteiger partial charge in [-0.2, -0.15) is 0 Å². The van der Waals surface area contributed by atoms with Crippen LogP contribution in [0.2, 0.25) is 0 Å². The van der Waals surface area contributed by atoms with E-state index in [1.54, 1.807) is 11.8 Å². The Kier molecular flexibility index (Phi) is 3.21. The molecule has 4 heteroatoms. The summed E-state index contributed by atoms with van der Waals surface area (Å²) in [5.74, 6) is 0.0810. The van der Waals surface area contributed by atoms with E-state index in [0.717, 1.165) is 17.0 Å². The van der Waals surface area contributed by atoms with Crippen molar-refractivity contribution < 1.29 is 4.79 Å². The van der Waals surface area contributed by atoms with Gasteiger partial charge >= 0.3 is 0 Å². The Morgan fingerprint density at radius 2 is 2.31 bits per heavy atom. The average Bonchev–Trinajstić information content (AvgIpc) is 2.19. The van der Waals surface area contributed by atoms with Gasteiger partial charge in [-0.15, -0.1) is 11.8 Å². The van der Waals surface area contributed by atoms with Gasteiger partial charge in [-0.05, 0) is 38.0 Å². The highest BCUT2D eigenvalue weighted by Crippen LogP contribution is 2.36. The summed E-state index contributed by atoms with van der Waals surface area (Å²) in [7, 11) is 0. The molecule has 1 heterocycles. The molecule has 1 amide bonds. The molecule has 0 aliphatic carbocycles. The van der Waals surface area contributed by atoms with Crippen LogP contribution in [0.3, 0.4) is 0 Å². The molecule has 0 radical (unpaired) electrons. The monoisotopic (exact) mass is 236 g/mol. The number of benzene rings is 1. The predicted octanol–water partition coefficient (Wildman–Crippen LogP) is 2.01. The fraction of sp³-hybridized carbons (Fsp3) is 0.417. The van der Waals surface area contributed by atoms with Crippen LogP contribution in [0.5, 0.6) is 0 Å². The lowest BCUT2D eigenvalue weighted by Crippen LogP contribution is -2.26. The lowest BCUT2D eigenvalue weighted by molar-refractivity contribution is -0.115. The average molecular weight is 236 g/mol. The van der Waals surface area contributed by atoms with Crippen LogP contribution in [0.25, 0.3) is 0 Å². The van der Waals surface area contributed by atoms with Crippen molar-refractivity contribution in [1.29, 1.82) is 0 Å². The number of nitrogens with one attached hydrogen (secondary N) is 1. The second kappa shape index (κ2) is 4.47. The van der Waals surface area contributed by atoms with Crippen LogP contribution in [0, 0.1) is 0 Å². The smallest absolute Gasteiger partial charge is 0.237 e. The van der Waals surface area contributed by atoms with Gasteiger partial charge in [-0.3, -0.25) is 4.79 Å². The number of carbonyl (C=O) groups is 1. The maximum Gasteiger partial charge on any atom is 0.237 e. The van der Waals surface area contributed by atoms with Crippen molar-refractivity contribution in [2.45, 2.75) is 36.5 Å². The third kappa shape index (κ3) is 2.39. The number of carbonyl (C=O) groups excluding carboxylic acids is 1. The standard InChI is InChI=1S/C12H16N2OS/c1-7(13)5-9-3-4-10-11(6-9)16-8(2)12(15)14-10/h3-4,6-8H,5,13H2,1-2H3,(H,14,15). The summed E-state index contributed by atoms with van der Waals surface area (Å²) >= 11 is 1.61. The molecule has 1 aromatic rings. The second-order valence-corrected chi connectivity index (χ2v) is 5.64. The second-order valence-electron chi connectivity index (χ2n) is 4.26. The molecule has 0 bridgehead atoms. The molecule has 2 atom stereocenters. The minimum Gasteiger partial charge on any atom is -0.328 e. The zero-order valence-electron chi connectivity index (χ0n) is 9.49. The maximum atomic E-state index is 11.5. The summed E-state index contributed by atoms with van der Waals surface area (Å²) < 4.78 is 0. The first-order chi connectivity index (χ1) is 7.56. The first-order valence-corrected chi connectivity index (χ1v) is 6.30. The van der Waals surface area contributed by atoms with Gasteiger partial charge < -0.3 is 11.1 Å². The molecule has 0 spiro atoms. The van der Waals surface area contributed by atoms with Crippen molar-refractivity contribution in [3.05, 3.63) is 23.8 Å². The third-order valence-electron chi connectivity index (χ3n) is 2.53. The molecule has 16 heavy (non-hydrogen) atoms. The lowest BCUT2D eigenvalue weighted by atomic mass is 10.1. The van der Waals surface area contributed by atoms with Gasteiger partial charge in [0.1, 0.15) is 0 Å². The summed E-state index contributed by atoms with van der Waals surface area (Å²) in [4.78, 5) is 12.6. The van der Waals surface area contributed by atoms with Gasteiger partial charge in [-0.1, -0.05) is 6.07 Å². The van der Waals surface area contributed by atoms with Gasteiger partial charge in [0.25, 0.3) is 0 Å². The van der Waals surface area contributed by atoms with Crippen LogP contribution in [-0.4, -0.2) is 17.2 Å². The highest BCUT2D eigenvalue weighted by molar-refractivity contribution is 8.00. The van der Waals surface area contributed by atoms with E-state index in [0.29, 0.717) is 0 Å². The van der Waals surface area contributed by atoms with Crippen LogP contribution < -0.4 is 11.1 Å². The van der Waals surface area contributed by atoms with Crippen LogP contribution >= 0.6 is 11.8 Å². The Hall–Kier alpha value is -1.00. The van der Waals surface area contributed by atoms with E-state index in [2.05, 4.69) is 11.4 Å². The topological polar surface area (TPSA) is 55.1 Å². The van der Waals surface area contributed by atoms with Crippen molar-refractivity contribution in [3.8, 4) is 0 Å². The third-order valence-corrected chi connectivity index (χ3v) is 3.69. The predicted molar refractivity (Wildman–Crippen MR) is 67.7 cm³/mol. The zero-order valence-corrected chi connectivity index (χ0v) is 10.3. The summed E-state index contributed by atoms with van der Waals surface area (Å²) in [5.41, 5.74) is 7.92. The largest absolute Gasteiger partial charge is 0.328 e. The molecule has 2 rings (SSSR count). The first-order valence-electron chi connectivity index (χ1n) is 5.42. The number of anilines is 1. The van der Waals surface area contributed by atoms with Crippen molar-refractivity contribution in [1.82, 2.24) is 0 Å². The number of hydrogen-bond donors (Lipinski definition) is 2. The molecule has 0 fully saturated rings. The Morgan fingerprint density at radius 3 is 3.00 bits per heavy atom. The zero-order chi connectivity index (χ0) is 11.7. The van der Waals surface area contributed by atoms with E-state index in [-0.39, 0.29) is 17.2 Å². The van der Waals surface area contributed by atoms with E-state index in [1.165, 1.54) is 5.56 Å². The van der Waals surface area contributed by atoms with Crippen molar-refractivity contribution in [2.24, 2.45) is 5.73 Å². The van der Waals surface area contributed by atoms with Gasteiger partial charge in [0.15, 0.2) is 0 Å². The Morgan fingerprint density at radius 1 is 1.56 bits per heavy atom. The summed E-state index contributed by atoms with van der Waals surface area (Å²) in [6, 6.07) is 6.28. The van der Waals surface area contributed by atoms with Gasteiger partial charge in [0.05, 0.1) is 10.9 Å². The van der Waals surface area contributed by atoms with E-state index in [4.69, 9.17) is 5.73 Å². The highest BCUT2D eigenvalue weighted by Gasteiger charge is 2.22. The molecule has 3 nitrogen and oxygen atoms in total. The molecule has 86 valence electrons. The Balaban J connectivity index is 2.25. The number of amides is 1. The van der Waals surface area contributed by atoms with E-state index >= 15 is 0 Å². The highest BCUT2D eigenvalue weighted by atomic mass is 32.2. The summed E-state index contributed by atoms with van der Waals surface area (Å²) in [5, 5.41) is 2.88. The molecule has 0 aromatic heterocycles. The molecule has 1 aliphatic heterocycles. The van der Waals surface area contributed by atoms with Crippen LogP contribution in [0.1, 0.15) is 19.4 Å². The van der Waals surface area contributed by atoms with Crippen molar-refractivity contribution in [2.75, 3.05) is 5.32 Å². The molecule has 3 N–H and O–H groups in total. The van der Waals surface area contributed by atoms with Crippen LogP contribution in [0.15, 0.2) is 23.1 Å². The number of hydrogen-bond acceptors (Lipinski definition) is 3. The van der Waals surface area contributed by atoms with E-state index in [1.807, 2.05) is 26.0 Å². The summed E-state index contributed by atoms with van der Waals surface area (Å²) in [6.07, 6.45) is 0.871. The van der Waals surface area contributed by atoms with E-state index in [9.17, 15) is 4.79 Å². The normalized spacial score (nSPS) is 21.2. The minimum atomic E-state index is -0.0157. The first kappa shape index (κ1) is 11.5. The number of thioether (sulfide) groups is 1. The Bertz CT molecular complexity index is 417. The fourth-order valence-electron chi connectivity index (χ4n) is 1.74. The molecular formula is C12H16N2OS. The quantitative estimate of drug-likeness (QED) is 0.826. The van der Waals surface area contributed by atoms with Crippen molar-refractivity contribution >= 4 is 23.4 Å². The SMILES string of the molecule is CC(N)Cc1ccc2c(c1)SC(C)C(=O)N2.